The van der Waals surface area contributed by atoms with Crippen molar-refractivity contribution in [3.05, 3.63) is 65.4 Å². The summed E-state index contributed by atoms with van der Waals surface area (Å²) in [6, 6.07) is 3.02. The molecule has 0 saturated carbocycles. The Labute approximate surface area is 173 Å². The molecule has 0 radical (unpaired) electrons. The van der Waals surface area contributed by atoms with Crippen LogP contribution in [0.5, 0.6) is 5.75 Å². The summed E-state index contributed by atoms with van der Waals surface area (Å²) in [5.41, 5.74) is -2.47. The van der Waals surface area contributed by atoms with Gasteiger partial charge in [0.1, 0.15) is 11.6 Å². The molecule has 2 N–H and O–H groups in total. The van der Waals surface area contributed by atoms with E-state index in [1.807, 2.05) is 0 Å². The molecular formula is C22H26F4N2O2. The molecule has 0 amide bonds. The topological polar surface area (TPSA) is 44.7 Å². The number of nitrogens with zero attached hydrogens (tertiary/aromatic N) is 1. The highest BCUT2D eigenvalue weighted by Crippen LogP contribution is 2.46. The van der Waals surface area contributed by atoms with Gasteiger partial charge in [0.15, 0.2) is 5.60 Å². The van der Waals surface area contributed by atoms with E-state index >= 15 is 0 Å². The van der Waals surface area contributed by atoms with Gasteiger partial charge in [-0.1, -0.05) is 13.8 Å². The number of rotatable bonds is 6. The number of alkyl halides is 3. The van der Waals surface area contributed by atoms with Gasteiger partial charge in [-0.15, -0.1) is 0 Å². The highest BCUT2D eigenvalue weighted by atomic mass is 19.4. The zero-order valence-corrected chi connectivity index (χ0v) is 17.3. The summed E-state index contributed by atoms with van der Waals surface area (Å²) in [6.45, 7) is 3.09. The molecule has 164 valence electrons. The quantitative estimate of drug-likeness (QED) is 0.663. The van der Waals surface area contributed by atoms with Crippen molar-refractivity contribution in [2.45, 2.75) is 49.9 Å². The third-order valence-corrected chi connectivity index (χ3v) is 5.64. The van der Waals surface area contributed by atoms with E-state index in [0.29, 0.717) is 5.70 Å². The summed E-state index contributed by atoms with van der Waals surface area (Å²) in [5.74, 6) is -0.306. The SMILES string of the molecule is COc1ccc(F)cc1C(C)(C)CC(O)(CC1C=C2C(=CC=CN2C)N1)C(F)(F)F. The van der Waals surface area contributed by atoms with Crippen LogP contribution in [-0.4, -0.2) is 42.0 Å². The first kappa shape index (κ1) is 22.2. The van der Waals surface area contributed by atoms with Crippen molar-refractivity contribution in [1.82, 2.24) is 10.2 Å². The molecule has 4 nitrogen and oxygen atoms in total. The molecule has 0 bridgehead atoms. The second-order valence-corrected chi connectivity index (χ2v) is 8.47. The number of hydrogen-bond acceptors (Lipinski definition) is 4. The van der Waals surface area contributed by atoms with Crippen molar-refractivity contribution in [2.75, 3.05) is 14.2 Å². The van der Waals surface area contributed by atoms with Crippen LogP contribution >= 0.6 is 0 Å². The van der Waals surface area contributed by atoms with Gasteiger partial charge >= 0.3 is 6.18 Å². The monoisotopic (exact) mass is 426 g/mol. The fourth-order valence-electron chi connectivity index (χ4n) is 4.18. The lowest BCUT2D eigenvalue weighted by atomic mass is 9.72. The Morgan fingerprint density at radius 2 is 1.93 bits per heavy atom. The molecular weight excluding hydrogens is 400 g/mol. The molecule has 0 saturated heterocycles. The van der Waals surface area contributed by atoms with Gasteiger partial charge in [-0.05, 0) is 48.3 Å². The zero-order chi connectivity index (χ0) is 22.3. The minimum absolute atomic E-state index is 0.269. The van der Waals surface area contributed by atoms with E-state index in [0.717, 1.165) is 11.8 Å². The molecule has 2 atom stereocenters. The first-order valence-corrected chi connectivity index (χ1v) is 9.59. The maximum atomic E-state index is 14.1. The van der Waals surface area contributed by atoms with Crippen LogP contribution in [0, 0.1) is 5.82 Å². The Hall–Kier alpha value is -2.48. The number of methoxy groups -OCH3 is 1. The van der Waals surface area contributed by atoms with Gasteiger partial charge < -0.3 is 20.1 Å². The smallest absolute Gasteiger partial charge is 0.417 e. The van der Waals surface area contributed by atoms with Gasteiger partial charge in [-0.2, -0.15) is 13.2 Å². The number of aliphatic hydroxyl groups is 1. The molecule has 2 unspecified atom stereocenters. The summed E-state index contributed by atoms with van der Waals surface area (Å²) in [6.07, 6.45) is 0.940. The van der Waals surface area contributed by atoms with Crippen LogP contribution in [0.3, 0.4) is 0 Å². The summed E-state index contributed by atoms with van der Waals surface area (Å²) in [5, 5.41) is 13.9. The summed E-state index contributed by atoms with van der Waals surface area (Å²) in [4.78, 5) is 1.80. The first-order chi connectivity index (χ1) is 13.9. The lowest BCUT2D eigenvalue weighted by molar-refractivity contribution is -0.270. The number of hydrogen-bond donors (Lipinski definition) is 2. The summed E-state index contributed by atoms with van der Waals surface area (Å²) in [7, 11) is 3.17. The molecule has 0 spiro atoms. The molecule has 3 rings (SSSR count). The lowest BCUT2D eigenvalue weighted by Gasteiger charge is -2.39. The number of likely N-dealkylation sites (N-methyl/N-ethyl adjacent to an activating group) is 1. The largest absolute Gasteiger partial charge is 0.496 e. The number of allylic oxidation sites excluding steroid dienone is 2. The third-order valence-electron chi connectivity index (χ3n) is 5.64. The van der Waals surface area contributed by atoms with Gasteiger partial charge in [-0.25, -0.2) is 4.39 Å². The van der Waals surface area contributed by atoms with Gasteiger partial charge in [0, 0.05) is 31.3 Å². The summed E-state index contributed by atoms with van der Waals surface area (Å²) < 4.78 is 61.3. The van der Waals surface area contributed by atoms with Crippen LogP contribution in [-0.2, 0) is 5.41 Å². The van der Waals surface area contributed by atoms with Crippen LogP contribution in [0.4, 0.5) is 17.6 Å². The second kappa shape index (κ2) is 7.65. The van der Waals surface area contributed by atoms with Gasteiger partial charge in [0.25, 0.3) is 0 Å². The van der Waals surface area contributed by atoms with Gasteiger partial charge in [-0.3, -0.25) is 0 Å². The van der Waals surface area contributed by atoms with E-state index in [2.05, 4.69) is 5.32 Å². The minimum atomic E-state index is -4.88. The van der Waals surface area contributed by atoms with Gasteiger partial charge in [0.2, 0.25) is 0 Å². The second-order valence-electron chi connectivity index (χ2n) is 8.47. The average molecular weight is 426 g/mol. The number of nitrogens with one attached hydrogen (secondary N) is 1. The van der Waals surface area contributed by atoms with E-state index in [1.54, 1.807) is 50.2 Å². The maximum absolute atomic E-state index is 14.1. The van der Waals surface area contributed by atoms with Crippen LogP contribution in [0.2, 0.25) is 0 Å². The fraction of sp³-hybridized carbons (Fsp3) is 0.455. The van der Waals surface area contributed by atoms with E-state index in [-0.39, 0.29) is 11.3 Å². The predicted molar refractivity (Wildman–Crippen MR) is 106 cm³/mol. The Balaban J connectivity index is 1.91. The number of ether oxygens (including phenoxy) is 1. The van der Waals surface area contributed by atoms with E-state index in [1.165, 1.54) is 19.2 Å². The van der Waals surface area contributed by atoms with E-state index in [4.69, 9.17) is 4.74 Å². The van der Waals surface area contributed by atoms with Crippen LogP contribution in [0.15, 0.2) is 54.0 Å². The van der Waals surface area contributed by atoms with Crippen LogP contribution in [0.25, 0.3) is 0 Å². The molecule has 8 heteroatoms. The standard InChI is InChI=1S/C22H26F4N2O2/c1-20(2,16-10-14(23)7-8-19(16)30-4)13-21(29,22(24,25)26)12-15-11-18-17(27-15)6-5-9-28(18)3/h5-11,15,27,29H,12-13H2,1-4H3. The van der Waals surface area contributed by atoms with Crippen molar-refractivity contribution >= 4 is 0 Å². The Kier molecular flexibility index (Phi) is 5.66. The van der Waals surface area contributed by atoms with E-state index in [9.17, 15) is 22.7 Å². The van der Waals surface area contributed by atoms with Crippen LogP contribution in [0.1, 0.15) is 32.3 Å². The normalized spacial score (nSPS) is 20.8. The van der Waals surface area contributed by atoms with Crippen molar-refractivity contribution in [1.29, 1.82) is 0 Å². The molecule has 0 fully saturated rings. The third kappa shape index (κ3) is 4.19. The Morgan fingerprint density at radius 1 is 1.23 bits per heavy atom. The van der Waals surface area contributed by atoms with Crippen LogP contribution < -0.4 is 10.1 Å². The molecule has 2 aliphatic heterocycles. The van der Waals surface area contributed by atoms with Gasteiger partial charge in [0.05, 0.1) is 18.5 Å². The molecule has 0 aliphatic carbocycles. The first-order valence-electron chi connectivity index (χ1n) is 9.59. The minimum Gasteiger partial charge on any atom is -0.496 e. The molecule has 0 aromatic heterocycles. The van der Waals surface area contributed by atoms with Crippen molar-refractivity contribution in [3.63, 3.8) is 0 Å². The zero-order valence-electron chi connectivity index (χ0n) is 17.3. The highest BCUT2D eigenvalue weighted by molar-refractivity contribution is 5.43. The highest BCUT2D eigenvalue weighted by Gasteiger charge is 2.57. The average Bonchev–Trinajstić information content (AvgIpc) is 3.04. The molecule has 1 aromatic carbocycles. The predicted octanol–water partition coefficient (Wildman–Crippen LogP) is 4.38. The number of fused-ring (bicyclic) bond motifs is 1. The van der Waals surface area contributed by atoms with Crippen molar-refractivity contribution < 1.29 is 27.4 Å². The van der Waals surface area contributed by atoms with Crippen molar-refractivity contribution in [3.8, 4) is 5.75 Å². The Bertz CT molecular complexity index is 905. The van der Waals surface area contributed by atoms with E-state index < -0.39 is 41.9 Å². The molecule has 2 aliphatic rings. The number of halogens is 4. The molecule has 30 heavy (non-hydrogen) atoms. The number of benzene rings is 1. The summed E-state index contributed by atoms with van der Waals surface area (Å²) >= 11 is 0. The Morgan fingerprint density at radius 3 is 2.53 bits per heavy atom. The molecule has 1 aromatic rings. The molecule has 2 heterocycles. The fourth-order valence-corrected chi connectivity index (χ4v) is 4.18. The maximum Gasteiger partial charge on any atom is 0.417 e. The lowest BCUT2D eigenvalue weighted by Crippen LogP contribution is -2.52. The van der Waals surface area contributed by atoms with Crippen molar-refractivity contribution in [2.24, 2.45) is 0 Å².